The van der Waals surface area contributed by atoms with Gasteiger partial charge in [0.25, 0.3) is 0 Å². The first-order valence-corrected chi connectivity index (χ1v) is 9.06. The van der Waals surface area contributed by atoms with Gasteiger partial charge in [0.1, 0.15) is 6.04 Å². The number of ether oxygens (including phenoxy) is 1. The summed E-state index contributed by atoms with van der Waals surface area (Å²) in [6.07, 6.45) is 1.43. The monoisotopic (exact) mass is 396 g/mol. The molecule has 1 saturated heterocycles. The molecule has 1 aliphatic rings. The number of esters is 1. The molecule has 1 aromatic carbocycles. The van der Waals surface area contributed by atoms with Crippen molar-refractivity contribution >= 4 is 33.7 Å². The zero-order valence-corrected chi connectivity index (χ0v) is 15.0. The predicted molar refractivity (Wildman–Crippen MR) is 92.6 cm³/mol. The van der Waals surface area contributed by atoms with Crippen molar-refractivity contribution in [3.05, 3.63) is 35.9 Å². The summed E-state index contributed by atoms with van der Waals surface area (Å²) in [5, 5.41) is 2.81. The zero-order valence-electron chi connectivity index (χ0n) is 13.4. The van der Waals surface area contributed by atoms with E-state index >= 15 is 0 Å². The van der Waals surface area contributed by atoms with Crippen LogP contribution in [0.2, 0.25) is 0 Å². The predicted octanol–water partition coefficient (Wildman–Crippen LogP) is 1.27. The third kappa shape index (κ3) is 5.33. The van der Waals surface area contributed by atoms with Crippen molar-refractivity contribution < 1.29 is 19.1 Å². The van der Waals surface area contributed by atoms with Crippen LogP contribution in [0.4, 0.5) is 0 Å². The van der Waals surface area contributed by atoms with Gasteiger partial charge in [-0.1, -0.05) is 46.3 Å². The van der Waals surface area contributed by atoms with Crippen molar-refractivity contribution in [3.8, 4) is 0 Å². The highest BCUT2D eigenvalue weighted by atomic mass is 79.9. The van der Waals surface area contributed by atoms with E-state index in [1.165, 1.54) is 10.5 Å². The number of hydrogen-bond acceptors (Lipinski definition) is 4. The maximum absolute atomic E-state index is 12.0. The molecule has 1 fully saturated rings. The van der Waals surface area contributed by atoms with Gasteiger partial charge in [0.15, 0.2) is 0 Å². The van der Waals surface area contributed by atoms with Crippen LogP contribution in [0.1, 0.15) is 18.4 Å². The first-order valence-electron chi connectivity index (χ1n) is 7.94. The molecule has 0 radical (unpaired) electrons. The molecule has 1 heterocycles. The minimum Gasteiger partial charge on any atom is -0.466 e. The highest BCUT2D eigenvalue weighted by Gasteiger charge is 2.34. The van der Waals surface area contributed by atoms with E-state index in [1.54, 1.807) is 0 Å². The van der Waals surface area contributed by atoms with Crippen molar-refractivity contribution in [1.82, 2.24) is 10.2 Å². The highest BCUT2D eigenvalue weighted by Crippen LogP contribution is 2.12. The van der Waals surface area contributed by atoms with Crippen LogP contribution in [0.3, 0.4) is 0 Å². The van der Waals surface area contributed by atoms with E-state index in [0.717, 1.165) is 12.8 Å². The third-order valence-electron chi connectivity index (χ3n) is 3.84. The summed E-state index contributed by atoms with van der Waals surface area (Å²) < 4.78 is 5.21. The molecule has 2 amide bonds. The first kappa shape index (κ1) is 18.4. The number of alkyl halides is 1. The highest BCUT2D eigenvalue weighted by molar-refractivity contribution is 9.09. The van der Waals surface area contributed by atoms with Crippen LogP contribution in [0.25, 0.3) is 0 Å². The maximum Gasteiger partial charge on any atom is 0.308 e. The van der Waals surface area contributed by atoms with Crippen molar-refractivity contribution in [3.63, 3.8) is 0 Å². The van der Waals surface area contributed by atoms with Crippen molar-refractivity contribution in [2.75, 3.05) is 25.0 Å². The number of aryl methyl sites for hydroxylation is 1. The number of carbonyl (C=O) groups excluding carboxylic acids is 3. The molecule has 0 spiro atoms. The molecule has 1 atom stereocenters. The average Bonchev–Trinajstić information content (AvgIpc) is 2.60. The molecule has 0 bridgehead atoms. The topological polar surface area (TPSA) is 75.7 Å². The van der Waals surface area contributed by atoms with Gasteiger partial charge >= 0.3 is 5.97 Å². The average molecular weight is 397 g/mol. The Hall–Kier alpha value is -1.89. The second-order valence-corrected chi connectivity index (χ2v) is 6.10. The molecule has 7 heteroatoms. The van der Waals surface area contributed by atoms with E-state index in [0.29, 0.717) is 19.7 Å². The van der Waals surface area contributed by atoms with E-state index in [1.807, 2.05) is 30.3 Å². The largest absolute Gasteiger partial charge is 0.466 e. The van der Waals surface area contributed by atoms with Crippen molar-refractivity contribution in [2.45, 2.75) is 25.3 Å². The van der Waals surface area contributed by atoms with Gasteiger partial charge in [-0.15, -0.1) is 0 Å². The lowest BCUT2D eigenvalue weighted by Crippen LogP contribution is -2.58. The summed E-state index contributed by atoms with van der Waals surface area (Å²) in [6, 6.07) is 9.16. The van der Waals surface area contributed by atoms with Crippen LogP contribution in [0.5, 0.6) is 0 Å². The number of hydrogen-bond donors (Lipinski definition) is 1. The number of halogens is 1. The van der Waals surface area contributed by atoms with Gasteiger partial charge < -0.3 is 15.0 Å². The van der Waals surface area contributed by atoms with Crippen LogP contribution in [0, 0.1) is 0 Å². The SMILES string of the molecule is O=C(C[C@@H]1C(=O)NCCN1C(=O)CBr)OCCCc1ccccc1. The zero-order chi connectivity index (χ0) is 17.4. The number of piperazine rings is 1. The van der Waals surface area contributed by atoms with E-state index in [2.05, 4.69) is 21.2 Å². The minimum absolute atomic E-state index is 0.115. The number of rotatable bonds is 7. The molecule has 0 unspecified atom stereocenters. The third-order valence-corrected chi connectivity index (χ3v) is 4.32. The lowest BCUT2D eigenvalue weighted by atomic mass is 10.1. The molecule has 1 N–H and O–H groups in total. The maximum atomic E-state index is 12.0. The minimum atomic E-state index is -0.787. The molecular formula is C17H21BrN2O4. The summed E-state index contributed by atoms with van der Waals surface area (Å²) in [6.45, 7) is 1.11. The van der Waals surface area contributed by atoms with E-state index in [4.69, 9.17) is 4.74 Å². The van der Waals surface area contributed by atoms with Crippen LogP contribution < -0.4 is 5.32 Å². The fraction of sp³-hybridized carbons (Fsp3) is 0.471. The van der Waals surface area contributed by atoms with Crippen molar-refractivity contribution in [2.24, 2.45) is 0 Å². The number of nitrogens with one attached hydrogen (secondary N) is 1. The molecule has 24 heavy (non-hydrogen) atoms. The van der Waals surface area contributed by atoms with Gasteiger partial charge in [-0.25, -0.2) is 0 Å². The second kappa shape index (κ2) is 9.42. The molecule has 0 saturated carbocycles. The Labute approximate surface area is 149 Å². The quantitative estimate of drug-likeness (QED) is 0.427. The molecule has 0 aromatic heterocycles. The summed E-state index contributed by atoms with van der Waals surface area (Å²) in [7, 11) is 0. The molecule has 1 aliphatic heterocycles. The van der Waals surface area contributed by atoms with Gasteiger partial charge in [-0.05, 0) is 18.4 Å². The lowest BCUT2D eigenvalue weighted by Gasteiger charge is -2.34. The van der Waals surface area contributed by atoms with Crippen LogP contribution in [-0.2, 0) is 25.5 Å². The summed E-state index contributed by atoms with van der Waals surface area (Å²) in [5.41, 5.74) is 1.19. The fourth-order valence-electron chi connectivity index (χ4n) is 2.62. The smallest absolute Gasteiger partial charge is 0.308 e. The Balaban J connectivity index is 1.77. The number of amides is 2. The van der Waals surface area contributed by atoms with Crippen LogP contribution in [-0.4, -0.2) is 53.8 Å². The number of carbonyl (C=O) groups is 3. The van der Waals surface area contributed by atoms with Crippen LogP contribution >= 0.6 is 15.9 Å². The van der Waals surface area contributed by atoms with E-state index in [-0.39, 0.29) is 23.6 Å². The molecule has 6 nitrogen and oxygen atoms in total. The molecule has 130 valence electrons. The second-order valence-electron chi connectivity index (χ2n) is 5.54. The lowest BCUT2D eigenvalue weighted by molar-refractivity contribution is -0.151. The Morgan fingerprint density at radius 2 is 2.04 bits per heavy atom. The van der Waals surface area contributed by atoms with Gasteiger partial charge in [-0.2, -0.15) is 0 Å². The molecular weight excluding hydrogens is 376 g/mol. The summed E-state index contributed by atoms with van der Waals surface area (Å²) in [5.74, 6) is -0.971. The van der Waals surface area contributed by atoms with Gasteiger partial charge in [0, 0.05) is 13.1 Å². The number of benzene rings is 1. The first-order chi connectivity index (χ1) is 11.6. The normalized spacial score (nSPS) is 17.3. The van der Waals surface area contributed by atoms with E-state index < -0.39 is 12.0 Å². The Morgan fingerprint density at radius 1 is 1.29 bits per heavy atom. The fourth-order valence-corrected chi connectivity index (χ4v) is 2.94. The van der Waals surface area contributed by atoms with E-state index in [9.17, 15) is 14.4 Å². The molecule has 2 rings (SSSR count). The Bertz CT molecular complexity index is 579. The number of nitrogens with zero attached hydrogens (tertiary/aromatic N) is 1. The molecule has 0 aliphatic carbocycles. The van der Waals surface area contributed by atoms with Crippen LogP contribution in [0.15, 0.2) is 30.3 Å². The standard InChI is InChI=1S/C17H21BrN2O4/c18-12-15(21)20-9-8-19-17(23)14(20)11-16(22)24-10-4-7-13-5-2-1-3-6-13/h1-3,5-6,14H,4,7-12H2,(H,19,23)/t14-/m1/s1. The van der Waals surface area contributed by atoms with Gasteiger partial charge in [-0.3, -0.25) is 14.4 Å². The molecule has 1 aromatic rings. The summed E-state index contributed by atoms with van der Waals surface area (Å²) >= 11 is 3.10. The van der Waals surface area contributed by atoms with Gasteiger partial charge in [0.2, 0.25) is 11.8 Å². The Kier molecular flexibility index (Phi) is 7.24. The van der Waals surface area contributed by atoms with Crippen molar-refractivity contribution in [1.29, 1.82) is 0 Å². The van der Waals surface area contributed by atoms with Gasteiger partial charge in [0.05, 0.1) is 18.4 Å². The Morgan fingerprint density at radius 3 is 2.75 bits per heavy atom. The summed E-state index contributed by atoms with van der Waals surface area (Å²) in [4.78, 5) is 37.2.